The van der Waals surface area contributed by atoms with Gasteiger partial charge in [0.15, 0.2) is 0 Å². The van der Waals surface area contributed by atoms with E-state index in [1.54, 1.807) is 0 Å². The van der Waals surface area contributed by atoms with E-state index in [2.05, 4.69) is 66.1 Å². The zero-order valence-electron chi connectivity index (χ0n) is 13.2. The molecule has 0 radical (unpaired) electrons. The van der Waals surface area contributed by atoms with Crippen molar-refractivity contribution in [2.45, 2.75) is 25.7 Å². The summed E-state index contributed by atoms with van der Waals surface area (Å²) in [5.41, 5.74) is 4.49. The SMILES string of the molecule is SCCCCCc1nc(-c2ccccc2)c(-c2ccccc2)[nH]1. The summed E-state index contributed by atoms with van der Waals surface area (Å²) >= 11 is 4.27. The van der Waals surface area contributed by atoms with Gasteiger partial charge in [0.2, 0.25) is 0 Å². The van der Waals surface area contributed by atoms with Crippen molar-refractivity contribution in [3.05, 3.63) is 66.5 Å². The first kappa shape index (κ1) is 15.9. The topological polar surface area (TPSA) is 28.7 Å². The highest BCUT2D eigenvalue weighted by Gasteiger charge is 2.13. The Bertz CT molecular complexity index is 663. The Morgan fingerprint density at radius 2 is 1.43 bits per heavy atom. The smallest absolute Gasteiger partial charge is 0.107 e. The Kier molecular flexibility index (Phi) is 5.54. The van der Waals surface area contributed by atoms with Gasteiger partial charge in [-0.05, 0) is 18.6 Å². The number of rotatable bonds is 7. The Morgan fingerprint density at radius 3 is 2.09 bits per heavy atom. The number of imidazole rings is 1. The summed E-state index contributed by atoms with van der Waals surface area (Å²) in [6.07, 6.45) is 4.50. The van der Waals surface area contributed by atoms with Gasteiger partial charge in [0.25, 0.3) is 0 Å². The molecule has 1 heterocycles. The van der Waals surface area contributed by atoms with E-state index in [1.165, 1.54) is 18.4 Å². The van der Waals surface area contributed by atoms with Gasteiger partial charge in [0.05, 0.1) is 11.4 Å². The van der Waals surface area contributed by atoms with Crippen molar-refractivity contribution >= 4 is 12.6 Å². The lowest BCUT2D eigenvalue weighted by Gasteiger charge is -2.02. The summed E-state index contributed by atoms with van der Waals surface area (Å²) < 4.78 is 0. The van der Waals surface area contributed by atoms with Crippen molar-refractivity contribution in [2.75, 3.05) is 5.75 Å². The Hall–Kier alpha value is -2.00. The fraction of sp³-hybridized carbons (Fsp3) is 0.250. The first-order chi connectivity index (χ1) is 11.4. The monoisotopic (exact) mass is 322 g/mol. The quantitative estimate of drug-likeness (QED) is 0.443. The first-order valence-corrected chi connectivity index (χ1v) is 8.82. The van der Waals surface area contributed by atoms with Crippen LogP contribution in [0.3, 0.4) is 0 Å². The van der Waals surface area contributed by atoms with Gasteiger partial charge >= 0.3 is 0 Å². The van der Waals surface area contributed by atoms with Crippen LogP contribution in [0.1, 0.15) is 25.1 Å². The fourth-order valence-corrected chi connectivity index (χ4v) is 2.96. The second-order valence-corrected chi connectivity index (χ2v) is 6.12. The second-order valence-electron chi connectivity index (χ2n) is 5.67. The molecule has 0 aliphatic heterocycles. The van der Waals surface area contributed by atoms with Crippen molar-refractivity contribution in [2.24, 2.45) is 0 Å². The van der Waals surface area contributed by atoms with Crippen LogP contribution in [0.25, 0.3) is 22.5 Å². The van der Waals surface area contributed by atoms with Crippen molar-refractivity contribution in [1.29, 1.82) is 0 Å². The van der Waals surface area contributed by atoms with Crippen molar-refractivity contribution in [3.8, 4) is 22.5 Å². The van der Waals surface area contributed by atoms with Gasteiger partial charge in [-0.2, -0.15) is 12.6 Å². The molecule has 0 bridgehead atoms. The van der Waals surface area contributed by atoms with E-state index in [0.29, 0.717) is 0 Å². The third kappa shape index (κ3) is 4.05. The molecule has 2 aromatic carbocycles. The normalized spacial score (nSPS) is 10.8. The van der Waals surface area contributed by atoms with Crippen molar-refractivity contribution in [1.82, 2.24) is 9.97 Å². The van der Waals surface area contributed by atoms with E-state index in [1.807, 2.05) is 12.1 Å². The van der Waals surface area contributed by atoms with E-state index in [4.69, 9.17) is 4.98 Å². The van der Waals surface area contributed by atoms with E-state index in [0.717, 1.165) is 41.4 Å². The van der Waals surface area contributed by atoms with Crippen LogP contribution in [-0.2, 0) is 6.42 Å². The fourth-order valence-electron chi connectivity index (χ4n) is 2.74. The molecule has 118 valence electrons. The number of hydrogen-bond acceptors (Lipinski definition) is 2. The van der Waals surface area contributed by atoms with Gasteiger partial charge in [-0.3, -0.25) is 0 Å². The summed E-state index contributed by atoms with van der Waals surface area (Å²) in [6, 6.07) is 20.8. The minimum absolute atomic E-state index is 0.961. The predicted molar refractivity (Wildman–Crippen MR) is 101 cm³/mol. The summed E-state index contributed by atoms with van der Waals surface area (Å²) in [5.74, 6) is 2.03. The first-order valence-electron chi connectivity index (χ1n) is 8.19. The lowest BCUT2D eigenvalue weighted by molar-refractivity contribution is 0.704. The largest absolute Gasteiger partial charge is 0.341 e. The molecule has 0 spiro atoms. The number of H-pyrrole nitrogens is 1. The summed E-state index contributed by atoms with van der Waals surface area (Å²) in [5, 5.41) is 0. The summed E-state index contributed by atoms with van der Waals surface area (Å²) in [7, 11) is 0. The highest BCUT2D eigenvalue weighted by molar-refractivity contribution is 7.80. The molecular weight excluding hydrogens is 300 g/mol. The Morgan fingerprint density at radius 1 is 0.783 bits per heavy atom. The molecule has 0 saturated carbocycles. The molecule has 2 nitrogen and oxygen atoms in total. The van der Waals surface area contributed by atoms with Crippen LogP contribution < -0.4 is 0 Å². The number of aromatic nitrogens is 2. The molecule has 1 N–H and O–H groups in total. The minimum Gasteiger partial charge on any atom is -0.341 e. The molecule has 23 heavy (non-hydrogen) atoms. The van der Waals surface area contributed by atoms with E-state index >= 15 is 0 Å². The maximum Gasteiger partial charge on any atom is 0.107 e. The predicted octanol–water partition coefficient (Wildman–Crippen LogP) is 5.39. The highest BCUT2D eigenvalue weighted by Crippen LogP contribution is 2.30. The van der Waals surface area contributed by atoms with Crippen LogP contribution in [0.4, 0.5) is 0 Å². The molecule has 0 amide bonds. The molecule has 0 saturated heterocycles. The van der Waals surface area contributed by atoms with Gasteiger partial charge < -0.3 is 4.98 Å². The van der Waals surface area contributed by atoms with Gasteiger partial charge in [-0.1, -0.05) is 67.1 Å². The van der Waals surface area contributed by atoms with Gasteiger partial charge in [0.1, 0.15) is 5.82 Å². The number of aryl methyl sites for hydroxylation is 1. The zero-order valence-corrected chi connectivity index (χ0v) is 14.1. The molecule has 3 heteroatoms. The molecular formula is C20H22N2S. The average Bonchev–Trinajstić information content (AvgIpc) is 3.05. The highest BCUT2D eigenvalue weighted by atomic mass is 32.1. The van der Waals surface area contributed by atoms with Gasteiger partial charge in [-0.25, -0.2) is 4.98 Å². The van der Waals surface area contributed by atoms with E-state index in [-0.39, 0.29) is 0 Å². The summed E-state index contributed by atoms with van der Waals surface area (Å²) in [4.78, 5) is 8.42. The number of nitrogens with one attached hydrogen (secondary N) is 1. The molecule has 0 aliphatic rings. The molecule has 3 rings (SSSR count). The number of benzene rings is 2. The van der Waals surface area contributed by atoms with Crippen LogP contribution in [0.2, 0.25) is 0 Å². The van der Waals surface area contributed by atoms with Crippen LogP contribution in [0.15, 0.2) is 60.7 Å². The minimum atomic E-state index is 0.961. The lowest BCUT2D eigenvalue weighted by Crippen LogP contribution is -1.89. The number of thiol groups is 1. The molecule has 0 unspecified atom stereocenters. The molecule has 3 aromatic rings. The van der Waals surface area contributed by atoms with E-state index < -0.39 is 0 Å². The van der Waals surface area contributed by atoms with Crippen LogP contribution in [0.5, 0.6) is 0 Å². The van der Waals surface area contributed by atoms with Crippen LogP contribution in [-0.4, -0.2) is 15.7 Å². The third-order valence-corrected chi connectivity index (χ3v) is 4.25. The van der Waals surface area contributed by atoms with Crippen LogP contribution >= 0.6 is 12.6 Å². The van der Waals surface area contributed by atoms with Crippen molar-refractivity contribution in [3.63, 3.8) is 0 Å². The summed E-state index contributed by atoms with van der Waals surface area (Å²) in [6.45, 7) is 0. The number of hydrogen-bond donors (Lipinski definition) is 2. The van der Waals surface area contributed by atoms with Crippen LogP contribution in [0, 0.1) is 0 Å². The molecule has 1 aromatic heterocycles. The maximum absolute atomic E-state index is 4.88. The second kappa shape index (κ2) is 8.02. The van der Waals surface area contributed by atoms with Gasteiger partial charge in [0, 0.05) is 17.5 Å². The standard InChI is InChI=1S/C20H22N2S/c23-15-9-3-8-14-18-21-19(16-10-4-1-5-11-16)20(22-18)17-12-6-2-7-13-17/h1-2,4-7,10-13,23H,3,8-9,14-15H2,(H,21,22). The Balaban J connectivity index is 1.91. The average molecular weight is 322 g/mol. The molecule has 0 aliphatic carbocycles. The number of aromatic amines is 1. The third-order valence-electron chi connectivity index (χ3n) is 3.93. The Labute approximate surface area is 143 Å². The van der Waals surface area contributed by atoms with E-state index in [9.17, 15) is 0 Å². The molecule has 0 fully saturated rings. The van der Waals surface area contributed by atoms with Gasteiger partial charge in [-0.15, -0.1) is 0 Å². The zero-order chi connectivity index (χ0) is 15.9. The number of unbranched alkanes of at least 4 members (excludes halogenated alkanes) is 2. The lowest BCUT2D eigenvalue weighted by atomic mass is 10.1. The molecule has 0 atom stereocenters. The number of nitrogens with zero attached hydrogens (tertiary/aromatic N) is 1. The van der Waals surface area contributed by atoms with Crippen molar-refractivity contribution < 1.29 is 0 Å². The maximum atomic E-state index is 4.88.